The largest absolute Gasteiger partial charge is 0.479 e. The van der Waals surface area contributed by atoms with Gasteiger partial charge in [-0.2, -0.15) is 0 Å². The number of halogens is 2. The van der Waals surface area contributed by atoms with Gasteiger partial charge in [0.25, 0.3) is 0 Å². The van der Waals surface area contributed by atoms with Gasteiger partial charge in [0.1, 0.15) is 5.82 Å². The maximum absolute atomic E-state index is 13.1. The van der Waals surface area contributed by atoms with Crippen molar-refractivity contribution in [2.45, 2.75) is 6.04 Å². The van der Waals surface area contributed by atoms with E-state index in [1.807, 2.05) is 0 Å². The summed E-state index contributed by atoms with van der Waals surface area (Å²) >= 11 is 2.94. The molecule has 1 atom stereocenters. The van der Waals surface area contributed by atoms with E-state index in [2.05, 4.69) is 21.2 Å². The molecule has 0 fully saturated rings. The summed E-state index contributed by atoms with van der Waals surface area (Å²) in [4.78, 5) is 20.9. The van der Waals surface area contributed by atoms with Crippen molar-refractivity contribution in [1.29, 1.82) is 0 Å². The Bertz CT molecular complexity index is 397. The standard InChI is InChI=1S/C9H7BrFNO3/c10-6-2-1-5(3-7(6)11)8(9(14)15)12-4-13/h1-4,8H,(H,12,13)(H,14,15). The Morgan fingerprint density at radius 2 is 2.27 bits per heavy atom. The fourth-order valence-electron chi connectivity index (χ4n) is 1.07. The van der Waals surface area contributed by atoms with Crippen molar-refractivity contribution >= 4 is 28.3 Å². The number of benzene rings is 1. The summed E-state index contributed by atoms with van der Waals surface area (Å²) in [6, 6.07) is 2.62. The van der Waals surface area contributed by atoms with Crippen molar-refractivity contribution < 1.29 is 19.1 Å². The minimum absolute atomic E-state index is 0.176. The van der Waals surface area contributed by atoms with Gasteiger partial charge >= 0.3 is 5.97 Å². The molecule has 2 N–H and O–H groups in total. The van der Waals surface area contributed by atoms with Crippen molar-refractivity contribution in [3.63, 3.8) is 0 Å². The number of hydrogen-bond acceptors (Lipinski definition) is 2. The van der Waals surface area contributed by atoms with Crippen molar-refractivity contribution in [2.75, 3.05) is 0 Å². The van der Waals surface area contributed by atoms with Crippen LogP contribution in [0.5, 0.6) is 0 Å². The van der Waals surface area contributed by atoms with Crippen LogP contribution >= 0.6 is 15.9 Å². The summed E-state index contributed by atoms with van der Waals surface area (Å²) < 4.78 is 13.3. The second-order valence-corrected chi connectivity index (χ2v) is 3.58. The Morgan fingerprint density at radius 1 is 1.60 bits per heavy atom. The van der Waals surface area contributed by atoms with Gasteiger partial charge in [0, 0.05) is 0 Å². The lowest BCUT2D eigenvalue weighted by Gasteiger charge is -2.11. The maximum Gasteiger partial charge on any atom is 0.330 e. The molecule has 1 unspecified atom stereocenters. The number of carboxylic acids is 1. The summed E-state index contributed by atoms with van der Waals surface area (Å²) in [5.74, 6) is -1.82. The van der Waals surface area contributed by atoms with Crippen LogP contribution in [0.4, 0.5) is 4.39 Å². The SMILES string of the molecule is O=CNC(C(=O)O)c1ccc(Br)c(F)c1. The van der Waals surface area contributed by atoms with Crippen LogP contribution < -0.4 is 5.32 Å². The molecular weight excluding hydrogens is 269 g/mol. The van der Waals surface area contributed by atoms with Crippen molar-refractivity contribution in [3.8, 4) is 0 Å². The topological polar surface area (TPSA) is 66.4 Å². The number of carbonyl (C=O) groups excluding carboxylic acids is 1. The average molecular weight is 276 g/mol. The Balaban J connectivity index is 3.06. The van der Waals surface area contributed by atoms with E-state index in [0.717, 1.165) is 6.07 Å². The van der Waals surface area contributed by atoms with E-state index in [-0.39, 0.29) is 16.4 Å². The van der Waals surface area contributed by atoms with Crippen LogP contribution in [0.2, 0.25) is 0 Å². The summed E-state index contributed by atoms with van der Waals surface area (Å²) in [5, 5.41) is 10.8. The molecule has 0 bridgehead atoms. The monoisotopic (exact) mass is 275 g/mol. The third kappa shape index (κ3) is 2.76. The first kappa shape index (κ1) is 11.6. The van der Waals surface area contributed by atoms with Crippen LogP contribution in [-0.4, -0.2) is 17.5 Å². The Hall–Kier alpha value is -1.43. The highest BCUT2D eigenvalue weighted by Gasteiger charge is 2.19. The van der Waals surface area contributed by atoms with E-state index in [4.69, 9.17) is 5.11 Å². The molecule has 1 amide bonds. The van der Waals surface area contributed by atoms with Gasteiger partial charge in [0.15, 0.2) is 6.04 Å². The number of amides is 1. The molecule has 0 aliphatic rings. The third-order valence-electron chi connectivity index (χ3n) is 1.76. The van der Waals surface area contributed by atoms with E-state index in [1.165, 1.54) is 12.1 Å². The lowest BCUT2D eigenvalue weighted by molar-refractivity contribution is -0.140. The van der Waals surface area contributed by atoms with Gasteiger partial charge in [0.2, 0.25) is 6.41 Å². The number of nitrogens with one attached hydrogen (secondary N) is 1. The molecule has 1 aromatic rings. The fourth-order valence-corrected chi connectivity index (χ4v) is 1.32. The summed E-state index contributed by atoms with van der Waals surface area (Å²) in [5.41, 5.74) is 0.176. The Kier molecular flexibility index (Phi) is 3.79. The zero-order valence-corrected chi connectivity index (χ0v) is 8.99. The first-order valence-corrected chi connectivity index (χ1v) is 4.73. The smallest absolute Gasteiger partial charge is 0.330 e. The van der Waals surface area contributed by atoms with Crippen LogP contribution in [0, 0.1) is 5.82 Å². The molecule has 1 rings (SSSR count). The molecule has 0 aliphatic carbocycles. The van der Waals surface area contributed by atoms with Crippen LogP contribution in [0.15, 0.2) is 22.7 Å². The second-order valence-electron chi connectivity index (χ2n) is 2.73. The van der Waals surface area contributed by atoms with Gasteiger partial charge < -0.3 is 10.4 Å². The van der Waals surface area contributed by atoms with Gasteiger partial charge in [-0.3, -0.25) is 4.79 Å². The Labute approximate surface area is 93.2 Å². The van der Waals surface area contributed by atoms with Gasteiger partial charge in [-0.1, -0.05) is 6.07 Å². The predicted octanol–water partition coefficient (Wildman–Crippen LogP) is 1.46. The number of hydrogen-bond donors (Lipinski definition) is 2. The molecule has 15 heavy (non-hydrogen) atoms. The zero-order chi connectivity index (χ0) is 11.4. The van der Waals surface area contributed by atoms with Crippen LogP contribution in [0.25, 0.3) is 0 Å². The lowest BCUT2D eigenvalue weighted by atomic mass is 10.1. The van der Waals surface area contributed by atoms with Gasteiger partial charge in [0.05, 0.1) is 4.47 Å². The molecule has 0 saturated heterocycles. The average Bonchev–Trinajstić information content (AvgIpc) is 2.18. The number of carboxylic acid groups (broad SMARTS) is 1. The first-order chi connectivity index (χ1) is 7.06. The highest BCUT2D eigenvalue weighted by molar-refractivity contribution is 9.10. The zero-order valence-electron chi connectivity index (χ0n) is 7.41. The normalized spacial score (nSPS) is 11.9. The molecule has 80 valence electrons. The minimum atomic E-state index is -1.25. The summed E-state index contributed by atoms with van der Waals surface area (Å²) in [7, 11) is 0. The predicted molar refractivity (Wildman–Crippen MR) is 53.7 cm³/mol. The minimum Gasteiger partial charge on any atom is -0.479 e. The van der Waals surface area contributed by atoms with Crippen molar-refractivity contribution in [3.05, 3.63) is 34.1 Å². The van der Waals surface area contributed by atoms with E-state index in [1.54, 1.807) is 0 Å². The second kappa shape index (κ2) is 4.88. The van der Waals surface area contributed by atoms with Gasteiger partial charge in [-0.25, -0.2) is 9.18 Å². The summed E-state index contributed by atoms with van der Waals surface area (Å²) in [6.07, 6.45) is 0.263. The van der Waals surface area contributed by atoms with Gasteiger partial charge in [-0.15, -0.1) is 0 Å². The van der Waals surface area contributed by atoms with E-state index in [9.17, 15) is 14.0 Å². The number of aliphatic carboxylic acids is 1. The van der Waals surface area contributed by atoms with Crippen molar-refractivity contribution in [1.82, 2.24) is 5.32 Å². The summed E-state index contributed by atoms with van der Waals surface area (Å²) in [6.45, 7) is 0. The molecule has 0 heterocycles. The highest BCUT2D eigenvalue weighted by atomic mass is 79.9. The molecule has 4 nitrogen and oxygen atoms in total. The fraction of sp³-hybridized carbons (Fsp3) is 0.111. The molecule has 0 aromatic heterocycles. The Morgan fingerprint density at radius 3 is 2.73 bits per heavy atom. The number of carbonyl (C=O) groups is 2. The molecule has 1 aromatic carbocycles. The molecular formula is C9H7BrFNO3. The molecule has 0 aliphatic heterocycles. The van der Waals surface area contributed by atoms with Crippen molar-refractivity contribution in [2.24, 2.45) is 0 Å². The quantitative estimate of drug-likeness (QED) is 0.818. The third-order valence-corrected chi connectivity index (χ3v) is 2.40. The number of rotatable bonds is 4. The van der Waals surface area contributed by atoms with Gasteiger partial charge in [-0.05, 0) is 33.6 Å². The van der Waals surface area contributed by atoms with Crippen LogP contribution in [0.3, 0.4) is 0 Å². The molecule has 0 radical (unpaired) electrons. The first-order valence-electron chi connectivity index (χ1n) is 3.93. The van der Waals surface area contributed by atoms with Crippen LogP contribution in [0.1, 0.15) is 11.6 Å². The maximum atomic E-state index is 13.1. The van der Waals surface area contributed by atoms with E-state index >= 15 is 0 Å². The van der Waals surface area contributed by atoms with E-state index < -0.39 is 17.8 Å². The van der Waals surface area contributed by atoms with E-state index in [0.29, 0.717) is 0 Å². The molecule has 0 spiro atoms. The molecule has 0 saturated carbocycles. The molecule has 6 heteroatoms. The van der Waals surface area contributed by atoms with Crippen LogP contribution in [-0.2, 0) is 9.59 Å². The highest BCUT2D eigenvalue weighted by Crippen LogP contribution is 2.20. The lowest BCUT2D eigenvalue weighted by Crippen LogP contribution is -2.27.